The summed E-state index contributed by atoms with van der Waals surface area (Å²) in [7, 11) is 0. The third-order valence-corrected chi connectivity index (χ3v) is 4.62. The molecule has 0 N–H and O–H groups in total. The molecule has 2 bridgehead atoms. The lowest BCUT2D eigenvalue weighted by Gasteiger charge is -2.11. The zero-order valence-corrected chi connectivity index (χ0v) is 18.1. The summed E-state index contributed by atoms with van der Waals surface area (Å²) in [6, 6.07) is 21.0. The molecule has 0 amide bonds. The molecular weight excluding hydrogens is 422 g/mol. The summed E-state index contributed by atoms with van der Waals surface area (Å²) in [5.74, 6) is 1.38. The fourth-order valence-electron chi connectivity index (χ4n) is 3.02. The van der Waals surface area contributed by atoms with E-state index in [2.05, 4.69) is 15.3 Å². The van der Waals surface area contributed by atoms with E-state index in [0.717, 1.165) is 22.5 Å². The zero-order chi connectivity index (χ0) is 22.6. The molecule has 0 fully saturated rings. The number of aromatic nitrogens is 1. The van der Waals surface area contributed by atoms with Gasteiger partial charge in [0.1, 0.15) is 37.9 Å². The molecule has 1 aromatic heterocycles. The van der Waals surface area contributed by atoms with E-state index in [4.69, 9.17) is 23.9 Å². The maximum atomic E-state index is 5.99. The standard InChI is InChI=1S/C25H25N3O5/c1-3-10-24-20(6-1)16-26-32-14-12-29-13-15-33-27-17-21-7-2-4-11-25(21)31-19-23-9-5-8-22(28-23)18-30-24/h1-11,16-17H,12-15,18-19H2/b26-16-,27-17+. The third-order valence-electron chi connectivity index (χ3n) is 4.62. The normalized spacial score (nSPS) is 17.1. The Morgan fingerprint density at radius 2 is 1.06 bits per heavy atom. The van der Waals surface area contributed by atoms with Crippen LogP contribution in [0, 0.1) is 0 Å². The summed E-state index contributed by atoms with van der Waals surface area (Å²) in [6.07, 6.45) is 3.24. The van der Waals surface area contributed by atoms with Crippen molar-refractivity contribution >= 4 is 12.4 Å². The molecule has 3 aromatic rings. The lowest BCUT2D eigenvalue weighted by molar-refractivity contribution is 0.0177. The van der Waals surface area contributed by atoms with E-state index >= 15 is 0 Å². The second kappa shape index (κ2) is 12.2. The predicted molar refractivity (Wildman–Crippen MR) is 124 cm³/mol. The molecule has 0 saturated carbocycles. The Bertz CT molecular complexity index is 1010. The molecule has 8 nitrogen and oxygen atoms in total. The zero-order valence-electron chi connectivity index (χ0n) is 18.1. The van der Waals surface area contributed by atoms with Gasteiger partial charge in [-0.05, 0) is 36.4 Å². The van der Waals surface area contributed by atoms with Gasteiger partial charge in [0.2, 0.25) is 0 Å². The molecule has 0 aliphatic carbocycles. The van der Waals surface area contributed by atoms with Crippen molar-refractivity contribution in [2.75, 3.05) is 26.4 Å². The number of rotatable bonds is 0. The van der Waals surface area contributed by atoms with Crippen LogP contribution in [-0.2, 0) is 27.6 Å². The molecule has 8 heteroatoms. The summed E-state index contributed by atoms with van der Waals surface area (Å²) in [5.41, 5.74) is 3.20. The van der Waals surface area contributed by atoms with Crippen LogP contribution in [0.3, 0.4) is 0 Å². The van der Waals surface area contributed by atoms with Crippen LogP contribution < -0.4 is 9.47 Å². The second-order valence-corrected chi connectivity index (χ2v) is 7.02. The number of hydrogen-bond donors (Lipinski definition) is 0. The van der Waals surface area contributed by atoms with E-state index in [0.29, 0.717) is 51.1 Å². The Kier molecular flexibility index (Phi) is 8.25. The van der Waals surface area contributed by atoms with Crippen LogP contribution in [-0.4, -0.2) is 43.8 Å². The van der Waals surface area contributed by atoms with Crippen LogP contribution >= 0.6 is 0 Å². The molecule has 2 heterocycles. The molecular formula is C25H25N3O5. The second-order valence-electron chi connectivity index (χ2n) is 7.02. The summed E-state index contributed by atoms with van der Waals surface area (Å²) in [6.45, 7) is 2.05. The number of para-hydroxylation sites is 2. The average Bonchev–Trinajstić information content (AvgIpc) is 2.85. The lowest BCUT2D eigenvalue weighted by Crippen LogP contribution is -2.07. The SMILES string of the molecule is C1=N\OCCOCCO/N=C/c2ccccc2OCc2cccc(n2)COc2ccccc2/1. The van der Waals surface area contributed by atoms with Crippen LogP contribution in [0.2, 0.25) is 0 Å². The predicted octanol–water partition coefficient (Wildman–Crippen LogP) is 3.97. The van der Waals surface area contributed by atoms with Crippen LogP contribution in [0.25, 0.3) is 0 Å². The molecule has 33 heavy (non-hydrogen) atoms. The molecule has 0 atom stereocenters. The third kappa shape index (κ3) is 7.05. The van der Waals surface area contributed by atoms with Crippen molar-refractivity contribution in [3.05, 3.63) is 89.2 Å². The van der Waals surface area contributed by atoms with Crippen molar-refractivity contribution in [3.63, 3.8) is 0 Å². The van der Waals surface area contributed by atoms with Crippen LogP contribution in [0.1, 0.15) is 22.5 Å². The Hall–Kier alpha value is -3.91. The smallest absolute Gasteiger partial charge is 0.140 e. The molecule has 0 saturated heterocycles. The number of benzene rings is 2. The molecule has 2 aromatic carbocycles. The minimum Gasteiger partial charge on any atom is -0.487 e. The van der Waals surface area contributed by atoms with Crippen molar-refractivity contribution in [3.8, 4) is 11.5 Å². The molecule has 4 rings (SSSR count). The van der Waals surface area contributed by atoms with E-state index in [1.165, 1.54) is 0 Å². The molecule has 1 aliphatic heterocycles. The summed E-state index contributed by atoms with van der Waals surface area (Å²) >= 11 is 0. The number of fused-ring (bicyclic) bond motifs is 4. The van der Waals surface area contributed by atoms with E-state index in [-0.39, 0.29) is 0 Å². The highest BCUT2D eigenvalue weighted by Gasteiger charge is 2.06. The molecule has 0 radical (unpaired) electrons. The van der Waals surface area contributed by atoms with E-state index < -0.39 is 0 Å². The first-order valence-electron chi connectivity index (χ1n) is 10.7. The molecule has 0 unspecified atom stereocenters. The topological polar surface area (TPSA) is 83.8 Å². The van der Waals surface area contributed by atoms with Gasteiger partial charge in [-0.25, -0.2) is 0 Å². The maximum absolute atomic E-state index is 5.99. The minimum atomic E-state index is 0.313. The maximum Gasteiger partial charge on any atom is 0.140 e. The first-order valence-corrected chi connectivity index (χ1v) is 10.7. The fourth-order valence-corrected chi connectivity index (χ4v) is 3.02. The van der Waals surface area contributed by atoms with Gasteiger partial charge in [-0.15, -0.1) is 0 Å². The van der Waals surface area contributed by atoms with Gasteiger partial charge in [0.05, 0.1) is 37.0 Å². The summed E-state index contributed by atoms with van der Waals surface area (Å²) < 4.78 is 17.4. The molecule has 1 aliphatic rings. The van der Waals surface area contributed by atoms with Crippen molar-refractivity contribution in [2.45, 2.75) is 13.2 Å². The monoisotopic (exact) mass is 447 g/mol. The number of pyridine rings is 1. The van der Waals surface area contributed by atoms with E-state index in [1.54, 1.807) is 12.4 Å². The highest BCUT2D eigenvalue weighted by atomic mass is 16.7. The van der Waals surface area contributed by atoms with Gasteiger partial charge in [0.15, 0.2) is 0 Å². The molecule has 0 spiro atoms. The first kappa shape index (κ1) is 22.3. The van der Waals surface area contributed by atoms with Gasteiger partial charge in [-0.1, -0.05) is 40.6 Å². The van der Waals surface area contributed by atoms with Crippen LogP contribution in [0.4, 0.5) is 0 Å². The van der Waals surface area contributed by atoms with Crippen molar-refractivity contribution in [1.29, 1.82) is 0 Å². The summed E-state index contributed by atoms with van der Waals surface area (Å²) in [5, 5.41) is 8.00. The Morgan fingerprint density at radius 3 is 1.61 bits per heavy atom. The van der Waals surface area contributed by atoms with Crippen LogP contribution in [0.15, 0.2) is 77.0 Å². The van der Waals surface area contributed by atoms with Gasteiger partial charge < -0.3 is 23.9 Å². The Balaban J connectivity index is 1.50. The average molecular weight is 447 g/mol. The van der Waals surface area contributed by atoms with Gasteiger partial charge in [0, 0.05) is 11.1 Å². The van der Waals surface area contributed by atoms with Gasteiger partial charge in [0.25, 0.3) is 0 Å². The largest absolute Gasteiger partial charge is 0.487 e. The number of oxime groups is 2. The summed E-state index contributed by atoms with van der Waals surface area (Å²) in [4.78, 5) is 15.2. The minimum absolute atomic E-state index is 0.313. The first-order chi connectivity index (χ1) is 16.4. The Morgan fingerprint density at radius 1 is 0.545 bits per heavy atom. The molecule has 170 valence electrons. The number of ether oxygens (including phenoxy) is 3. The lowest BCUT2D eigenvalue weighted by atomic mass is 10.2. The van der Waals surface area contributed by atoms with Gasteiger partial charge >= 0.3 is 0 Å². The fraction of sp³-hybridized carbons (Fsp3) is 0.240. The van der Waals surface area contributed by atoms with E-state index in [9.17, 15) is 0 Å². The number of hydrogen-bond acceptors (Lipinski definition) is 8. The van der Waals surface area contributed by atoms with Crippen LogP contribution in [0.5, 0.6) is 11.5 Å². The van der Waals surface area contributed by atoms with Crippen molar-refractivity contribution < 1.29 is 23.9 Å². The van der Waals surface area contributed by atoms with Gasteiger partial charge in [-0.3, -0.25) is 4.98 Å². The van der Waals surface area contributed by atoms with Crippen molar-refractivity contribution in [2.24, 2.45) is 10.3 Å². The number of nitrogens with zero attached hydrogens (tertiary/aromatic N) is 3. The Labute approximate surface area is 192 Å². The quantitative estimate of drug-likeness (QED) is 0.519. The highest BCUT2D eigenvalue weighted by molar-refractivity contribution is 5.83. The van der Waals surface area contributed by atoms with E-state index in [1.807, 2.05) is 66.7 Å². The van der Waals surface area contributed by atoms with Crippen molar-refractivity contribution in [1.82, 2.24) is 4.98 Å². The van der Waals surface area contributed by atoms with Gasteiger partial charge in [-0.2, -0.15) is 0 Å². The highest BCUT2D eigenvalue weighted by Crippen LogP contribution is 2.19.